The largest absolute Gasteiger partial charge is 0.457 e. The third kappa shape index (κ3) is 3.25. The summed E-state index contributed by atoms with van der Waals surface area (Å²) in [6, 6.07) is 15.7. The highest BCUT2D eigenvalue weighted by molar-refractivity contribution is 7.80. The van der Waals surface area contributed by atoms with Crippen molar-refractivity contribution < 1.29 is 4.74 Å². The Balaban J connectivity index is 2.20. The molecule has 0 saturated carbocycles. The lowest BCUT2D eigenvalue weighted by atomic mass is 10.2. The predicted octanol–water partition coefficient (Wildman–Crippen LogP) is 3.49. The predicted molar refractivity (Wildman–Crippen MR) is 73.0 cm³/mol. The van der Waals surface area contributed by atoms with E-state index in [9.17, 15) is 0 Å². The van der Waals surface area contributed by atoms with Crippen molar-refractivity contribution in [1.29, 1.82) is 0 Å². The van der Waals surface area contributed by atoms with Gasteiger partial charge in [0.25, 0.3) is 0 Å². The van der Waals surface area contributed by atoms with Crippen LogP contribution in [0.1, 0.15) is 5.56 Å². The van der Waals surface area contributed by atoms with Gasteiger partial charge in [-0.3, -0.25) is 0 Å². The number of hydrogen-bond acceptors (Lipinski definition) is 3. The summed E-state index contributed by atoms with van der Waals surface area (Å²) in [5, 5.41) is 3.13. The quantitative estimate of drug-likeness (QED) is 0.805. The van der Waals surface area contributed by atoms with E-state index < -0.39 is 0 Å². The highest BCUT2D eigenvalue weighted by Gasteiger charge is 2.03. The van der Waals surface area contributed by atoms with Crippen LogP contribution in [-0.4, -0.2) is 7.05 Å². The third-order valence-corrected chi connectivity index (χ3v) is 2.70. The average molecular weight is 245 g/mol. The molecule has 0 bridgehead atoms. The Morgan fingerprint density at radius 1 is 1.06 bits per heavy atom. The molecule has 3 heteroatoms. The summed E-state index contributed by atoms with van der Waals surface area (Å²) >= 11 is 4.25. The normalized spacial score (nSPS) is 10.2. The van der Waals surface area contributed by atoms with Crippen molar-refractivity contribution in [2.45, 2.75) is 11.4 Å². The smallest absolute Gasteiger partial charge is 0.131 e. The highest BCUT2D eigenvalue weighted by Crippen LogP contribution is 2.25. The maximum Gasteiger partial charge on any atom is 0.131 e. The van der Waals surface area contributed by atoms with Gasteiger partial charge in [-0.1, -0.05) is 18.2 Å². The number of hydrogen-bond donors (Lipinski definition) is 2. The minimum absolute atomic E-state index is 0.792. The molecule has 0 saturated heterocycles. The molecule has 0 spiro atoms. The van der Waals surface area contributed by atoms with Crippen LogP contribution in [0.25, 0.3) is 0 Å². The number of nitrogens with one attached hydrogen (secondary N) is 1. The third-order valence-electron chi connectivity index (χ3n) is 2.40. The standard InChI is InChI=1S/C14H15NOS/c1-15-10-11-4-2-3-5-14(11)16-12-6-8-13(17)9-7-12/h2-9,15,17H,10H2,1H3. The van der Waals surface area contributed by atoms with Crippen LogP contribution in [0.2, 0.25) is 0 Å². The van der Waals surface area contributed by atoms with E-state index in [-0.39, 0.29) is 0 Å². The van der Waals surface area contributed by atoms with E-state index in [1.807, 2.05) is 49.5 Å². The van der Waals surface area contributed by atoms with Gasteiger partial charge in [-0.05, 0) is 37.4 Å². The molecule has 2 rings (SSSR count). The van der Waals surface area contributed by atoms with E-state index in [0.29, 0.717) is 0 Å². The lowest BCUT2D eigenvalue weighted by molar-refractivity contribution is 0.474. The van der Waals surface area contributed by atoms with Crippen LogP contribution < -0.4 is 10.1 Å². The van der Waals surface area contributed by atoms with Gasteiger partial charge in [0.05, 0.1) is 0 Å². The molecule has 1 N–H and O–H groups in total. The Labute approximate surface area is 107 Å². The number of benzene rings is 2. The van der Waals surface area contributed by atoms with Gasteiger partial charge in [0.2, 0.25) is 0 Å². The number of ether oxygens (including phenoxy) is 1. The maximum atomic E-state index is 5.84. The fraction of sp³-hybridized carbons (Fsp3) is 0.143. The lowest BCUT2D eigenvalue weighted by Crippen LogP contribution is -2.06. The summed E-state index contributed by atoms with van der Waals surface area (Å²) in [5.41, 5.74) is 1.14. The molecule has 2 nitrogen and oxygen atoms in total. The Morgan fingerprint density at radius 2 is 1.76 bits per heavy atom. The molecular weight excluding hydrogens is 230 g/mol. The molecule has 0 radical (unpaired) electrons. The van der Waals surface area contributed by atoms with Crippen LogP contribution in [0.4, 0.5) is 0 Å². The monoisotopic (exact) mass is 245 g/mol. The molecule has 0 fully saturated rings. The van der Waals surface area contributed by atoms with Crippen LogP contribution in [0.5, 0.6) is 11.5 Å². The second-order valence-electron chi connectivity index (χ2n) is 3.73. The summed E-state index contributed by atoms with van der Waals surface area (Å²) in [5.74, 6) is 1.71. The van der Waals surface area contributed by atoms with Crippen molar-refractivity contribution in [3.63, 3.8) is 0 Å². The first-order valence-corrected chi connectivity index (χ1v) is 5.93. The van der Waals surface area contributed by atoms with Gasteiger partial charge in [0, 0.05) is 17.0 Å². The van der Waals surface area contributed by atoms with E-state index in [2.05, 4.69) is 24.0 Å². The average Bonchev–Trinajstić information content (AvgIpc) is 2.35. The molecular formula is C14H15NOS. The molecule has 0 aliphatic carbocycles. The second-order valence-corrected chi connectivity index (χ2v) is 4.25. The fourth-order valence-corrected chi connectivity index (χ4v) is 1.73. The molecule has 0 heterocycles. The number of rotatable bonds is 4. The number of para-hydroxylation sites is 1. The van der Waals surface area contributed by atoms with Crippen LogP contribution in [-0.2, 0) is 6.54 Å². The first kappa shape index (κ1) is 12.0. The number of thiol groups is 1. The first-order valence-electron chi connectivity index (χ1n) is 5.49. The summed E-state index contributed by atoms with van der Waals surface area (Å²) in [7, 11) is 1.92. The molecule has 0 aliphatic rings. The Kier molecular flexibility index (Phi) is 4.07. The minimum Gasteiger partial charge on any atom is -0.457 e. The zero-order valence-electron chi connectivity index (χ0n) is 9.68. The molecule has 2 aromatic rings. The van der Waals surface area contributed by atoms with E-state index >= 15 is 0 Å². The minimum atomic E-state index is 0.792. The zero-order chi connectivity index (χ0) is 12.1. The van der Waals surface area contributed by atoms with Crippen molar-refractivity contribution >= 4 is 12.6 Å². The van der Waals surface area contributed by atoms with Gasteiger partial charge in [-0.25, -0.2) is 0 Å². The van der Waals surface area contributed by atoms with E-state index in [1.165, 1.54) is 0 Å². The summed E-state index contributed by atoms with van der Waals surface area (Å²) < 4.78 is 5.84. The Bertz CT molecular complexity index is 482. The molecule has 0 aliphatic heterocycles. The van der Waals surface area contributed by atoms with Gasteiger partial charge in [-0.2, -0.15) is 0 Å². The molecule has 0 aromatic heterocycles. The molecule has 0 unspecified atom stereocenters. The van der Waals surface area contributed by atoms with Crippen LogP contribution in [0, 0.1) is 0 Å². The summed E-state index contributed by atoms with van der Waals surface area (Å²) in [4.78, 5) is 0.931. The Hall–Kier alpha value is -1.45. The van der Waals surface area contributed by atoms with E-state index in [1.54, 1.807) is 0 Å². The molecule has 2 aromatic carbocycles. The lowest BCUT2D eigenvalue weighted by Gasteiger charge is -2.10. The SMILES string of the molecule is CNCc1ccccc1Oc1ccc(S)cc1. The van der Waals surface area contributed by atoms with Crippen molar-refractivity contribution in [2.24, 2.45) is 0 Å². The van der Waals surface area contributed by atoms with Gasteiger partial charge < -0.3 is 10.1 Å². The molecule has 88 valence electrons. The molecule has 0 amide bonds. The molecule has 0 atom stereocenters. The van der Waals surface area contributed by atoms with Gasteiger partial charge in [-0.15, -0.1) is 12.6 Å². The van der Waals surface area contributed by atoms with Gasteiger partial charge in [0.1, 0.15) is 11.5 Å². The van der Waals surface area contributed by atoms with Crippen molar-refractivity contribution in [2.75, 3.05) is 7.05 Å². The van der Waals surface area contributed by atoms with E-state index in [4.69, 9.17) is 4.74 Å². The summed E-state index contributed by atoms with van der Waals surface area (Å²) in [6.45, 7) is 0.792. The van der Waals surface area contributed by atoms with E-state index in [0.717, 1.165) is 28.5 Å². The highest BCUT2D eigenvalue weighted by atomic mass is 32.1. The first-order chi connectivity index (χ1) is 8.29. The maximum absolute atomic E-state index is 5.84. The van der Waals surface area contributed by atoms with Crippen molar-refractivity contribution in [1.82, 2.24) is 5.32 Å². The van der Waals surface area contributed by atoms with Crippen molar-refractivity contribution in [3.8, 4) is 11.5 Å². The second kappa shape index (κ2) is 5.75. The Morgan fingerprint density at radius 3 is 2.47 bits per heavy atom. The van der Waals surface area contributed by atoms with Crippen LogP contribution in [0.15, 0.2) is 53.4 Å². The molecule has 17 heavy (non-hydrogen) atoms. The fourth-order valence-electron chi connectivity index (χ4n) is 1.58. The van der Waals surface area contributed by atoms with Crippen LogP contribution >= 0.6 is 12.6 Å². The van der Waals surface area contributed by atoms with Gasteiger partial charge >= 0.3 is 0 Å². The topological polar surface area (TPSA) is 21.3 Å². The van der Waals surface area contributed by atoms with Crippen LogP contribution in [0.3, 0.4) is 0 Å². The summed E-state index contributed by atoms with van der Waals surface area (Å²) in [6.07, 6.45) is 0. The van der Waals surface area contributed by atoms with Gasteiger partial charge in [0.15, 0.2) is 0 Å². The van der Waals surface area contributed by atoms with Crippen molar-refractivity contribution in [3.05, 3.63) is 54.1 Å². The zero-order valence-corrected chi connectivity index (χ0v) is 10.6.